The molecule has 0 amide bonds. The van der Waals surface area contributed by atoms with Crippen LogP contribution in [-0.2, 0) is 22.4 Å². The first-order valence-electron chi connectivity index (χ1n) is 11.8. The van der Waals surface area contributed by atoms with E-state index in [0.29, 0.717) is 34.9 Å². The number of nitrogens with zero attached hydrogens (tertiary/aromatic N) is 2. The molecule has 3 aromatic carbocycles. The van der Waals surface area contributed by atoms with Gasteiger partial charge in [0.05, 0.1) is 31.3 Å². The van der Waals surface area contributed by atoms with Crippen LogP contribution in [0.25, 0.3) is 11.3 Å². The highest BCUT2D eigenvalue weighted by Crippen LogP contribution is 2.24. The Bertz CT molecular complexity index is 1310. The van der Waals surface area contributed by atoms with Crippen molar-refractivity contribution in [1.82, 2.24) is 9.97 Å². The summed E-state index contributed by atoms with van der Waals surface area (Å²) in [5.74, 6) is 0.362. The highest BCUT2D eigenvalue weighted by atomic mass is 19.1. The second-order valence-electron chi connectivity index (χ2n) is 8.19. The minimum absolute atomic E-state index is 0.206. The molecule has 184 valence electrons. The molecule has 0 saturated carbocycles. The van der Waals surface area contributed by atoms with Gasteiger partial charge in [-0.15, -0.1) is 0 Å². The number of carbonyl (C=O) groups is 1. The van der Waals surface area contributed by atoms with E-state index in [-0.39, 0.29) is 18.8 Å². The van der Waals surface area contributed by atoms with Gasteiger partial charge in [-0.1, -0.05) is 60.7 Å². The van der Waals surface area contributed by atoms with Gasteiger partial charge in [-0.2, -0.15) is 0 Å². The predicted octanol–water partition coefficient (Wildman–Crippen LogP) is 5.47. The first-order valence-corrected chi connectivity index (χ1v) is 11.8. The van der Waals surface area contributed by atoms with Gasteiger partial charge in [0.2, 0.25) is 0 Å². The molecule has 0 aliphatic rings. The van der Waals surface area contributed by atoms with Crippen LogP contribution in [-0.4, -0.2) is 35.7 Å². The third-order valence-electron chi connectivity index (χ3n) is 5.69. The molecule has 1 N–H and O–H groups in total. The molecule has 36 heavy (non-hydrogen) atoms. The summed E-state index contributed by atoms with van der Waals surface area (Å²) in [6.07, 6.45) is 2.20. The maximum Gasteiger partial charge on any atom is 0.328 e. The molecule has 0 aliphatic heterocycles. The fourth-order valence-corrected chi connectivity index (χ4v) is 3.88. The minimum atomic E-state index is -0.728. The first-order chi connectivity index (χ1) is 17.6. The smallest absolute Gasteiger partial charge is 0.328 e. The largest absolute Gasteiger partial charge is 0.497 e. The monoisotopic (exact) mass is 485 g/mol. The number of nitrogens with one attached hydrogen (secondary N) is 1. The summed E-state index contributed by atoms with van der Waals surface area (Å²) in [4.78, 5) is 22.3. The van der Waals surface area contributed by atoms with Crippen LogP contribution in [0.15, 0.2) is 85.1 Å². The quantitative estimate of drug-likeness (QED) is 0.300. The third kappa shape index (κ3) is 6.24. The number of rotatable bonds is 10. The van der Waals surface area contributed by atoms with Crippen molar-refractivity contribution in [3.05, 3.63) is 108 Å². The third-order valence-corrected chi connectivity index (χ3v) is 5.69. The molecule has 7 heteroatoms. The SMILES string of the molecule is CCOC(=O)C(Cc1cccc(OC)c1)Nc1ncc(-c2ccccc2)nc1Cc1ccccc1F. The molecule has 4 aromatic rings. The highest BCUT2D eigenvalue weighted by Gasteiger charge is 2.23. The molecule has 4 rings (SSSR count). The summed E-state index contributed by atoms with van der Waals surface area (Å²) in [7, 11) is 1.60. The zero-order chi connectivity index (χ0) is 25.3. The van der Waals surface area contributed by atoms with Gasteiger partial charge in [-0.3, -0.25) is 0 Å². The fourth-order valence-electron chi connectivity index (χ4n) is 3.88. The van der Waals surface area contributed by atoms with Crippen LogP contribution in [0.5, 0.6) is 5.75 Å². The topological polar surface area (TPSA) is 73.3 Å². The number of hydrogen-bond donors (Lipinski definition) is 1. The van der Waals surface area contributed by atoms with Crippen LogP contribution in [0.2, 0.25) is 0 Å². The molecule has 0 aliphatic carbocycles. The van der Waals surface area contributed by atoms with Crippen molar-refractivity contribution < 1.29 is 18.7 Å². The van der Waals surface area contributed by atoms with E-state index in [9.17, 15) is 9.18 Å². The zero-order valence-corrected chi connectivity index (χ0v) is 20.3. The van der Waals surface area contributed by atoms with E-state index in [1.54, 1.807) is 38.4 Å². The molecule has 0 bridgehead atoms. The molecule has 1 aromatic heterocycles. The maximum atomic E-state index is 14.5. The van der Waals surface area contributed by atoms with Gasteiger partial charge in [-0.05, 0) is 36.2 Å². The Morgan fingerprint density at radius 1 is 1.03 bits per heavy atom. The van der Waals surface area contributed by atoms with Crippen LogP contribution in [0.1, 0.15) is 23.7 Å². The van der Waals surface area contributed by atoms with Gasteiger partial charge in [0, 0.05) is 18.4 Å². The predicted molar refractivity (Wildman–Crippen MR) is 137 cm³/mol. The van der Waals surface area contributed by atoms with Crippen LogP contribution in [0.3, 0.4) is 0 Å². The normalized spacial score (nSPS) is 11.5. The molecule has 6 nitrogen and oxygen atoms in total. The molecule has 0 saturated heterocycles. The van der Waals surface area contributed by atoms with Crippen molar-refractivity contribution in [3.8, 4) is 17.0 Å². The molecule has 0 spiro atoms. The number of hydrogen-bond acceptors (Lipinski definition) is 6. The number of anilines is 1. The molecule has 1 unspecified atom stereocenters. The Balaban J connectivity index is 1.70. The van der Waals surface area contributed by atoms with Gasteiger partial charge in [0.15, 0.2) is 0 Å². The van der Waals surface area contributed by atoms with Crippen molar-refractivity contribution in [2.75, 3.05) is 19.0 Å². The van der Waals surface area contributed by atoms with Crippen LogP contribution >= 0.6 is 0 Å². The van der Waals surface area contributed by atoms with E-state index in [1.807, 2.05) is 54.6 Å². The first kappa shape index (κ1) is 24.9. The van der Waals surface area contributed by atoms with Gasteiger partial charge in [0.25, 0.3) is 0 Å². The summed E-state index contributed by atoms with van der Waals surface area (Å²) >= 11 is 0. The molecule has 0 fully saturated rings. The van der Waals surface area contributed by atoms with Crippen LogP contribution < -0.4 is 10.1 Å². The lowest BCUT2D eigenvalue weighted by atomic mass is 10.0. The number of esters is 1. The number of carbonyl (C=O) groups excluding carboxylic acids is 1. The van der Waals surface area contributed by atoms with E-state index in [2.05, 4.69) is 10.3 Å². The summed E-state index contributed by atoms with van der Waals surface area (Å²) in [5, 5.41) is 3.23. The molecule has 1 heterocycles. The van der Waals surface area contributed by atoms with E-state index in [0.717, 1.165) is 11.1 Å². The van der Waals surface area contributed by atoms with Crippen molar-refractivity contribution in [2.45, 2.75) is 25.8 Å². The van der Waals surface area contributed by atoms with E-state index >= 15 is 0 Å². The Labute approximate surface area is 210 Å². The highest BCUT2D eigenvalue weighted by molar-refractivity contribution is 5.79. The number of benzene rings is 3. The number of halogens is 1. The molecule has 0 radical (unpaired) electrons. The number of methoxy groups -OCH3 is 1. The zero-order valence-electron chi connectivity index (χ0n) is 20.3. The summed E-state index contributed by atoms with van der Waals surface area (Å²) < 4.78 is 25.2. The second-order valence-corrected chi connectivity index (χ2v) is 8.19. The van der Waals surface area contributed by atoms with Gasteiger partial charge in [0.1, 0.15) is 23.4 Å². The standard InChI is InChI=1S/C29H28FN3O3/c1-3-36-29(34)26(17-20-10-9-14-23(16-20)35-2)33-28-25(18-22-13-7-8-15-24(22)30)32-27(19-31-28)21-11-5-4-6-12-21/h4-16,19,26H,3,17-18H2,1-2H3,(H,31,33). The van der Waals surface area contributed by atoms with Crippen molar-refractivity contribution in [2.24, 2.45) is 0 Å². The Morgan fingerprint density at radius 2 is 1.81 bits per heavy atom. The van der Waals surface area contributed by atoms with Crippen molar-refractivity contribution in [1.29, 1.82) is 0 Å². The van der Waals surface area contributed by atoms with Crippen LogP contribution in [0.4, 0.5) is 10.2 Å². The van der Waals surface area contributed by atoms with Gasteiger partial charge < -0.3 is 14.8 Å². The number of ether oxygens (including phenoxy) is 2. The average Bonchev–Trinajstić information content (AvgIpc) is 2.91. The lowest BCUT2D eigenvalue weighted by Gasteiger charge is -2.20. The molecular weight excluding hydrogens is 457 g/mol. The molecular formula is C29H28FN3O3. The fraction of sp³-hybridized carbons (Fsp3) is 0.207. The number of aromatic nitrogens is 2. The summed E-state index contributed by atoms with van der Waals surface area (Å²) in [6.45, 7) is 2.01. The van der Waals surface area contributed by atoms with E-state index < -0.39 is 12.0 Å². The van der Waals surface area contributed by atoms with Gasteiger partial charge in [-0.25, -0.2) is 19.2 Å². The van der Waals surface area contributed by atoms with E-state index in [1.165, 1.54) is 6.07 Å². The Hall–Kier alpha value is -4.26. The lowest BCUT2D eigenvalue weighted by Crippen LogP contribution is -2.34. The average molecular weight is 486 g/mol. The van der Waals surface area contributed by atoms with E-state index in [4.69, 9.17) is 14.5 Å². The van der Waals surface area contributed by atoms with Gasteiger partial charge >= 0.3 is 5.97 Å². The Kier molecular flexibility index (Phi) is 8.24. The minimum Gasteiger partial charge on any atom is -0.497 e. The van der Waals surface area contributed by atoms with Crippen molar-refractivity contribution >= 4 is 11.8 Å². The Morgan fingerprint density at radius 3 is 2.56 bits per heavy atom. The molecule has 1 atom stereocenters. The van der Waals surface area contributed by atoms with Crippen molar-refractivity contribution in [3.63, 3.8) is 0 Å². The summed E-state index contributed by atoms with van der Waals surface area (Å²) in [6, 6.07) is 23.0. The summed E-state index contributed by atoms with van der Waals surface area (Å²) in [5.41, 5.74) is 3.46. The lowest BCUT2D eigenvalue weighted by molar-refractivity contribution is -0.144. The van der Waals surface area contributed by atoms with Crippen LogP contribution in [0, 0.1) is 5.82 Å². The maximum absolute atomic E-state index is 14.5. The second kappa shape index (κ2) is 11.9.